The Morgan fingerprint density at radius 1 is 1.05 bits per heavy atom. The van der Waals surface area contributed by atoms with Crippen molar-refractivity contribution in [2.24, 2.45) is 5.10 Å². The molecule has 0 radical (unpaired) electrons. The first kappa shape index (κ1) is 25.3. The molecular formula is C28H21Cl2N5O3. The van der Waals surface area contributed by atoms with Gasteiger partial charge in [-0.15, -0.1) is 0 Å². The van der Waals surface area contributed by atoms with Gasteiger partial charge in [0, 0.05) is 21.5 Å². The number of nitrogens with one attached hydrogen (secondary N) is 1. The highest BCUT2D eigenvalue weighted by Crippen LogP contribution is 2.33. The number of para-hydroxylation sites is 1. The molecule has 2 heterocycles. The summed E-state index contributed by atoms with van der Waals surface area (Å²) in [5.74, 6) is 0.718. The molecule has 190 valence electrons. The number of carbonyl (C=O) groups excluding carboxylic acids is 1. The van der Waals surface area contributed by atoms with Gasteiger partial charge in [0.2, 0.25) is 0 Å². The first-order valence-corrected chi connectivity index (χ1v) is 12.3. The van der Waals surface area contributed by atoms with E-state index in [9.17, 15) is 4.79 Å². The van der Waals surface area contributed by atoms with E-state index in [2.05, 4.69) is 20.6 Å². The van der Waals surface area contributed by atoms with Crippen LogP contribution in [0.3, 0.4) is 0 Å². The lowest BCUT2D eigenvalue weighted by molar-refractivity contribution is -0.123. The summed E-state index contributed by atoms with van der Waals surface area (Å²) < 4.78 is 12.9. The molecule has 0 unspecified atom stereocenters. The van der Waals surface area contributed by atoms with Gasteiger partial charge in [-0.3, -0.25) is 4.79 Å². The zero-order valence-corrected chi connectivity index (χ0v) is 21.6. The van der Waals surface area contributed by atoms with Crippen LogP contribution in [0, 0.1) is 0 Å². The molecule has 1 N–H and O–H groups in total. The Morgan fingerprint density at radius 3 is 2.71 bits per heavy atom. The van der Waals surface area contributed by atoms with Crippen molar-refractivity contribution in [3.63, 3.8) is 0 Å². The number of ether oxygens (including phenoxy) is 2. The number of fused-ring (bicyclic) bond motifs is 1. The predicted molar refractivity (Wildman–Crippen MR) is 149 cm³/mol. The number of aromatic nitrogens is 3. The van der Waals surface area contributed by atoms with Crippen molar-refractivity contribution in [2.45, 2.75) is 0 Å². The van der Waals surface area contributed by atoms with Crippen molar-refractivity contribution in [2.75, 3.05) is 13.7 Å². The van der Waals surface area contributed by atoms with Gasteiger partial charge >= 0.3 is 0 Å². The fourth-order valence-corrected chi connectivity index (χ4v) is 4.19. The Bertz CT molecular complexity index is 1640. The molecule has 0 bridgehead atoms. The van der Waals surface area contributed by atoms with E-state index in [0.717, 1.165) is 22.3 Å². The summed E-state index contributed by atoms with van der Waals surface area (Å²) in [7, 11) is 1.59. The number of benzene rings is 3. The topological polar surface area (TPSA) is 90.6 Å². The van der Waals surface area contributed by atoms with E-state index in [1.807, 2.05) is 54.6 Å². The third kappa shape index (κ3) is 5.61. The monoisotopic (exact) mass is 545 g/mol. The van der Waals surface area contributed by atoms with Gasteiger partial charge in [0.05, 0.1) is 36.4 Å². The summed E-state index contributed by atoms with van der Waals surface area (Å²) in [4.78, 5) is 16.8. The SMILES string of the molecule is COc1ccc2nc(Cl)c(/C=N/NC(=O)COc3ccc(Cl)cc3-c3ccnn3-c3ccccc3)cc2c1. The smallest absolute Gasteiger partial charge is 0.277 e. The summed E-state index contributed by atoms with van der Waals surface area (Å²) in [5.41, 5.74) is 6.06. The molecule has 0 atom stereocenters. The Hall–Kier alpha value is -4.40. The molecule has 3 aromatic carbocycles. The zero-order chi connectivity index (χ0) is 26.5. The number of hydrogen-bond donors (Lipinski definition) is 1. The van der Waals surface area contributed by atoms with E-state index in [1.54, 1.807) is 42.3 Å². The maximum absolute atomic E-state index is 12.5. The van der Waals surface area contributed by atoms with Gasteiger partial charge in [0.15, 0.2) is 6.61 Å². The van der Waals surface area contributed by atoms with Gasteiger partial charge in [0.1, 0.15) is 16.7 Å². The fourth-order valence-electron chi connectivity index (χ4n) is 3.82. The third-order valence-electron chi connectivity index (χ3n) is 5.62. The second-order valence-corrected chi connectivity index (χ2v) is 8.91. The van der Waals surface area contributed by atoms with Crippen LogP contribution in [-0.4, -0.2) is 40.6 Å². The van der Waals surface area contributed by atoms with Crippen LogP contribution in [0.2, 0.25) is 10.2 Å². The molecule has 0 aliphatic carbocycles. The number of halogens is 2. The van der Waals surface area contributed by atoms with Gasteiger partial charge in [-0.25, -0.2) is 15.1 Å². The number of methoxy groups -OCH3 is 1. The fraction of sp³-hybridized carbons (Fsp3) is 0.0714. The average molecular weight is 546 g/mol. The number of pyridine rings is 1. The maximum Gasteiger partial charge on any atom is 0.277 e. The molecule has 8 nitrogen and oxygen atoms in total. The van der Waals surface area contributed by atoms with Crippen LogP contribution < -0.4 is 14.9 Å². The minimum absolute atomic E-state index is 0.262. The predicted octanol–water partition coefficient (Wildman–Crippen LogP) is 5.93. The molecule has 0 saturated carbocycles. The van der Waals surface area contributed by atoms with Crippen molar-refractivity contribution < 1.29 is 14.3 Å². The van der Waals surface area contributed by atoms with Crippen LogP contribution in [0.1, 0.15) is 5.56 Å². The summed E-state index contributed by atoms with van der Waals surface area (Å²) >= 11 is 12.6. The van der Waals surface area contributed by atoms with Crippen LogP contribution in [0.25, 0.3) is 27.8 Å². The van der Waals surface area contributed by atoms with E-state index < -0.39 is 5.91 Å². The van der Waals surface area contributed by atoms with E-state index in [0.29, 0.717) is 27.6 Å². The molecule has 2 aromatic heterocycles. The van der Waals surface area contributed by atoms with Crippen molar-refractivity contribution in [1.29, 1.82) is 0 Å². The second kappa shape index (κ2) is 11.3. The highest BCUT2D eigenvalue weighted by Gasteiger charge is 2.15. The molecule has 0 aliphatic heterocycles. The number of rotatable bonds is 8. The standard InChI is InChI=1S/C28H21Cl2N5O3/c1-37-22-8-9-24-18(14-22)13-19(28(30)33-24)16-31-34-27(36)17-38-26-10-7-20(29)15-23(26)25-11-12-32-35(25)21-5-3-2-4-6-21/h2-16H,17H2,1H3,(H,34,36)/b31-16+. The lowest BCUT2D eigenvalue weighted by Gasteiger charge is -2.13. The molecule has 0 fully saturated rings. The summed E-state index contributed by atoms with van der Waals surface area (Å²) in [6, 6.07) is 24.0. The molecule has 5 rings (SSSR count). The Kier molecular flexibility index (Phi) is 7.53. The third-order valence-corrected chi connectivity index (χ3v) is 6.15. The first-order chi connectivity index (χ1) is 18.5. The van der Waals surface area contributed by atoms with E-state index in [-0.39, 0.29) is 11.8 Å². The summed E-state index contributed by atoms with van der Waals surface area (Å²) in [5, 5.41) is 10.1. The highest BCUT2D eigenvalue weighted by molar-refractivity contribution is 6.32. The molecule has 0 spiro atoms. The molecule has 38 heavy (non-hydrogen) atoms. The Balaban J connectivity index is 1.29. The highest BCUT2D eigenvalue weighted by atomic mass is 35.5. The minimum atomic E-state index is -0.453. The van der Waals surface area contributed by atoms with Gasteiger partial charge in [-0.1, -0.05) is 41.4 Å². The largest absolute Gasteiger partial charge is 0.497 e. The van der Waals surface area contributed by atoms with Crippen molar-refractivity contribution in [1.82, 2.24) is 20.2 Å². The van der Waals surface area contributed by atoms with Crippen LogP contribution in [0.5, 0.6) is 11.5 Å². The van der Waals surface area contributed by atoms with E-state index in [1.165, 1.54) is 6.21 Å². The number of carbonyl (C=O) groups is 1. The van der Waals surface area contributed by atoms with Crippen molar-refractivity contribution in [3.8, 4) is 28.4 Å². The van der Waals surface area contributed by atoms with Gasteiger partial charge in [-0.05, 0) is 60.7 Å². The molecule has 5 aromatic rings. The van der Waals surface area contributed by atoms with Gasteiger partial charge in [0.25, 0.3) is 5.91 Å². The number of hydrogen-bond acceptors (Lipinski definition) is 6. The minimum Gasteiger partial charge on any atom is -0.497 e. The van der Waals surface area contributed by atoms with Crippen LogP contribution in [-0.2, 0) is 4.79 Å². The zero-order valence-electron chi connectivity index (χ0n) is 20.1. The quantitative estimate of drug-likeness (QED) is 0.148. The van der Waals surface area contributed by atoms with Crippen molar-refractivity contribution in [3.05, 3.63) is 101 Å². The number of amides is 1. The normalized spacial score (nSPS) is 11.1. The molecular weight excluding hydrogens is 525 g/mol. The van der Waals surface area contributed by atoms with Crippen LogP contribution in [0.15, 0.2) is 90.2 Å². The lowest BCUT2D eigenvalue weighted by atomic mass is 10.1. The first-order valence-electron chi connectivity index (χ1n) is 11.5. The number of hydrazone groups is 1. The van der Waals surface area contributed by atoms with Crippen LogP contribution in [0.4, 0.5) is 0 Å². The second-order valence-electron chi connectivity index (χ2n) is 8.11. The lowest BCUT2D eigenvalue weighted by Crippen LogP contribution is -2.24. The number of nitrogens with zero attached hydrogens (tertiary/aromatic N) is 4. The van der Waals surface area contributed by atoms with E-state index in [4.69, 9.17) is 32.7 Å². The Labute approximate surface area is 228 Å². The van der Waals surface area contributed by atoms with E-state index >= 15 is 0 Å². The Morgan fingerprint density at radius 2 is 1.89 bits per heavy atom. The molecule has 0 aliphatic rings. The van der Waals surface area contributed by atoms with Crippen LogP contribution >= 0.6 is 23.2 Å². The molecule has 0 saturated heterocycles. The molecule has 1 amide bonds. The summed E-state index contributed by atoms with van der Waals surface area (Å²) in [6.45, 7) is -0.271. The average Bonchev–Trinajstić information content (AvgIpc) is 3.43. The summed E-state index contributed by atoms with van der Waals surface area (Å²) in [6.07, 6.45) is 3.12. The van der Waals surface area contributed by atoms with Crippen molar-refractivity contribution >= 4 is 46.2 Å². The van der Waals surface area contributed by atoms with Gasteiger partial charge < -0.3 is 9.47 Å². The maximum atomic E-state index is 12.5. The molecule has 10 heteroatoms. The van der Waals surface area contributed by atoms with Gasteiger partial charge in [-0.2, -0.15) is 10.2 Å².